The number of benzene rings is 1. The predicted octanol–water partition coefficient (Wildman–Crippen LogP) is 2.62. The van der Waals surface area contributed by atoms with Crippen LogP contribution in [0, 0.1) is 0 Å². The van der Waals surface area contributed by atoms with Crippen molar-refractivity contribution in [2.24, 2.45) is 5.10 Å². The number of nitrogens with one attached hydrogen (secondary N) is 1. The van der Waals surface area contributed by atoms with E-state index in [0.717, 1.165) is 5.71 Å². The van der Waals surface area contributed by atoms with Gasteiger partial charge < -0.3 is 4.74 Å². The molecule has 0 aromatic heterocycles. The third-order valence-electron chi connectivity index (χ3n) is 1.89. The van der Waals surface area contributed by atoms with Crippen molar-refractivity contribution in [1.29, 1.82) is 0 Å². The van der Waals surface area contributed by atoms with Crippen molar-refractivity contribution in [2.45, 2.75) is 26.9 Å². The Morgan fingerprint density at radius 3 is 2.47 bits per heavy atom. The molecule has 0 bridgehead atoms. The monoisotopic (exact) mass is 254 g/mol. The second-order valence-corrected chi connectivity index (χ2v) is 4.19. The van der Waals surface area contributed by atoms with Gasteiger partial charge in [-0.05, 0) is 45.0 Å². The van der Waals surface area contributed by atoms with Gasteiger partial charge in [0.2, 0.25) is 0 Å². The number of nitrogens with zero attached hydrogens (tertiary/aromatic N) is 1. The van der Waals surface area contributed by atoms with E-state index in [9.17, 15) is 4.79 Å². The summed E-state index contributed by atoms with van der Waals surface area (Å²) in [7, 11) is 0. The van der Waals surface area contributed by atoms with Crippen molar-refractivity contribution >= 4 is 23.2 Å². The minimum Gasteiger partial charge on any atom is -0.481 e. The Kier molecular flexibility index (Phi) is 4.97. The van der Waals surface area contributed by atoms with Crippen LogP contribution < -0.4 is 10.2 Å². The molecule has 0 aliphatic carbocycles. The molecule has 0 saturated carbocycles. The molecular weight excluding hydrogens is 240 g/mol. The molecule has 17 heavy (non-hydrogen) atoms. The van der Waals surface area contributed by atoms with Gasteiger partial charge in [-0.25, -0.2) is 5.43 Å². The van der Waals surface area contributed by atoms with Gasteiger partial charge in [0.15, 0.2) is 6.10 Å². The van der Waals surface area contributed by atoms with Gasteiger partial charge >= 0.3 is 0 Å². The minimum absolute atomic E-state index is 0.291. The first-order valence-electron chi connectivity index (χ1n) is 5.22. The van der Waals surface area contributed by atoms with Crippen LogP contribution in [0.3, 0.4) is 0 Å². The molecule has 92 valence electrons. The zero-order valence-corrected chi connectivity index (χ0v) is 10.8. The normalized spacial score (nSPS) is 11.5. The molecule has 1 atom stereocenters. The van der Waals surface area contributed by atoms with Crippen LogP contribution in [0.15, 0.2) is 29.4 Å². The first-order valence-corrected chi connectivity index (χ1v) is 5.60. The molecule has 0 radical (unpaired) electrons. The summed E-state index contributed by atoms with van der Waals surface area (Å²) < 4.78 is 5.42. The lowest BCUT2D eigenvalue weighted by molar-refractivity contribution is -0.127. The Hall–Kier alpha value is -1.55. The van der Waals surface area contributed by atoms with Gasteiger partial charge in [-0.15, -0.1) is 0 Å². The van der Waals surface area contributed by atoms with E-state index < -0.39 is 6.10 Å². The lowest BCUT2D eigenvalue weighted by Gasteiger charge is -2.12. The van der Waals surface area contributed by atoms with Gasteiger partial charge in [-0.2, -0.15) is 5.10 Å². The smallest absolute Gasteiger partial charge is 0.280 e. The van der Waals surface area contributed by atoms with Crippen molar-refractivity contribution in [3.05, 3.63) is 29.3 Å². The lowest BCUT2D eigenvalue weighted by atomic mass is 10.3. The Labute approximate surface area is 106 Å². The highest BCUT2D eigenvalue weighted by atomic mass is 35.5. The van der Waals surface area contributed by atoms with Gasteiger partial charge in [0.1, 0.15) is 5.75 Å². The highest BCUT2D eigenvalue weighted by molar-refractivity contribution is 6.30. The van der Waals surface area contributed by atoms with E-state index in [0.29, 0.717) is 10.8 Å². The molecule has 0 saturated heterocycles. The second kappa shape index (κ2) is 6.25. The fourth-order valence-electron chi connectivity index (χ4n) is 1.03. The standard InChI is InChI=1S/C12H15ClN2O2/c1-8(2)14-15-12(16)9(3)17-11-6-4-10(13)5-7-11/h4-7,9H,1-3H3,(H,15,16). The van der Waals surface area contributed by atoms with E-state index in [1.54, 1.807) is 45.0 Å². The summed E-state index contributed by atoms with van der Waals surface area (Å²) in [5.74, 6) is 0.301. The van der Waals surface area contributed by atoms with Gasteiger partial charge in [0.25, 0.3) is 5.91 Å². The van der Waals surface area contributed by atoms with E-state index in [1.165, 1.54) is 0 Å². The maximum absolute atomic E-state index is 11.5. The summed E-state index contributed by atoms with van der Waals surface area (Å²) >= 11 is 5.74. The number of ether oxygens (including phenoxy) is 1. The molecule has 1 aromatic carbocycles. The first kappa shape index (κ1) is 13.5. The van der Waals surface area contributed by atoms with Crippen molar-refractivity contribution in [1.82, 2.24) is 5.43 Å². The van der Waals surface area contributed by atoms with E-state index in [4.69, 9.17) is 16.3 Å². The third-order valence-corrected chi connectivity index (χ3v) is 2.14. The maximum atomic E-state index is 11.5. The fourth-order valence-corrected chi connectivity index (χ4v) is 1.15. The van der Waals surface area contributed by atoms with E-state index >= 15 is 0 Å². The Morgan fingerprint density at radius 2 is 1.94 bits per heavy atom. The second-order valence-electron chi connectivity index (χ2n) is 3.75. The summed E-state index contributed by atoms with van der Waals surface area (Å²) in [4.78, 5) is 11.5. The highest BCUT2D eigenvalue weighted by Gasteiger charge is 2.13. The maximum Gasteiger partial charge on any atom is 0.280 e. The van der Waals surface area contributed by atoms with Crippen LogP contribution in [0.25, 0.3) is 0 Å². The van der Waals surface area contributed by atoms with Gasteiger partial charge in [0, 0.05) is 10.7 Å². The van der Waals surface area contributed by atoms with Gasteiger partial charge in [0.05, 0.1) is 0 Å². The largest absolute Gasteiger partial charge is 0.481 e. The molecule has 4 nitrogen and oxygen atoms in total. The number of hydrogen-bond acceptors (Lipinski definition) is 3. The van der Waals surface area contributed by atoms with Crippen LogP contribution in [0.2, 0.25) is 5.02 Å². The molecule has 0 aliphatic rings. The highest BCUT2D eigenvalue weighted by Crippen LogP contribution is 2.16. The van der Waals surface area contributed by atoms with Crippen LogP contribution in [0.1, 0.15) is 20.8 Å². The molecule has 1 aromatic rings. The zero-order valence-electron chi connectivity index (χ0n) is 10.0. The fraction of sp³-hybridized carbons (Fsp3) is 0.333. The SMILES string of the molecule is CC(C)=NNC(=O)C(C)Oc1ccc(Cl)cc1. The number of halogens is 1. The predicted molar refractivity (Wildman–Crippen MR) is 68.5 cm³/mol. The molecule has 1 amide bonds. The zero-order chi connectivity index (χ0) is 12.8. The lowest BCUT2D eigenvalue weighted by Crippen LogP contribution is -2.33. The van der Waals surface area contributed by atoms with Crippen LogP contribution in [-0.2, 0) is 4.79 Å². The first-order chi connectivity index (χ1) is 7.99. The topological polar surface area (TPSA) is 50.7 Å². The van der Waals surface area contributed by atoms with Crippen molar-refractivity contribution in [3.63, 3.8) is 0 Å². The number of carbonyl (C=O) groups excluding carboxylic acids is 1. The summed E-state index contributed by atoms with van der Waals surface area (Å²) in [5, 5.41) is 4.44. The average Bonchev–Trinajstić information content (AvgIpc) is 2.28. The van der Waals surface area contributed by atoms with Crippen LogP contribution in [-0.4, -0.2) is 17.7 Å². The molecule has 1 rings (SSSR count). The molecule has 0 spiro atoms. The van der Waals surface area contributed by atoms with Crippen molar-refractivity contribution in [2.75, 3.05) is 0 Å². The molecule has 0 aliphatic heterocycles. The quantitative estimate of drug-likeness (QED) is 0.663. The van der Waals surface area contributed by atoms with E-state index in [-0.39, 0.29) is 5.91 Å². The summed E-state index contributed by atoms with van der Waals surface area (Å²) in [6.45, 7) is 5.25. The molecule has 1 unspecified atom stereocenters. The molecular formula is C12H15ClN2O2. The molecule has 0 heterocycles. The minimum atomic E-state index is -0.612. The number of carbonyl (C=O) groups is 1. The Bertz CT molecular complexity index is 411. The molecule has 5 heteroatoms. The summed E-state index contributed by atoms with van der Waals surface area (Å²) in [5.41, 5.74) is 3.19. The van der Waals surface area contributed by atoms with Crippen molar-refractivity contribution in [3.8, 4) is 5.75 Å². The van der Waals surface area contributed by atoms with E-state index in [1.807, 2.05) is 0 Å². The van der Waals surface area contributed by atoms with Gasteiger partial charge in [-0.3, -0.25) is 4.79 Å². The Balaban J connectivity index is 2.54. The van der Waals surface area contributed by atoms with Crippen LogP contribution in [0.5, 0.6) is 5.75 Å². The van der Waals surface area contributed by atoms with Crippen LogP contribution >= 0.6 is 11.6 Å². The number of hydrogen-bond donors (Lipinski definition) is 1. The number of rotatable bonds is 4. The average molecular weight is 255 g/mol. The van der Waals surface area contributed by atoms with Crippen molar-refractivity contribution < 1.29 is 9.53 Å². The van der Waals surface area contributed by atoms with Crippen LogP contribution in [0.4, 0.5) is 0 Å². The third kappa shape index (κ3) is 4.87. The molecule has 1 N–H and O–H groups in total. The van der Waals surface area contributed by atoms with E-state index in [2.05, 4.69) is 10.5 Å². The summed E-state index contributed by atoms with van der Waals surface area (Å²) in [6.07, 6.45) is -0.612. The molecule has 0 fully saturated rings. The summed E-state index contributed by atoms with van der Waals surface area (Å²) in [6, 6.07) is 6.83. The number of amides is 1. The Morgan fingerprint density at radius 1 is 1.35 bits per heavy atom. The number of hydrazone groups is 1. The van der Waals surface area contributed by atoms with Gasteiger partial charge in [-0.1, -0.05) is 11.6 Å².